The van der Waals surface area contributed by atoms with Crippen molar-refractivity contribution < 1.29 is 14.3 Å². The fraction of sp³-hybridized carbons (Fsp3) is 0.600. The first kappa shape index (κ1) is 12.7. The number of hydrogen-bond donors (Lipinski definition) is 0. The van der Waals surface area contributed by atoms with E-state index < -0.39 is 0 Å². The number of esters is 1. The highest BCUT2D eigenvalue weighted by atomic mass is 16.5. The molecule has 0 aliphatic heterocycles. The summed E-state index contributed by atoms with van der Waals surface area (Å²) in [6.45, 7) is 6.89. The monoisotopic (exact) mass is 199 g/mol. The Hall–Kier alpha value is -1.32. The second-order valence-corrected chi connectivity index (χ2v) is 3.01. The highest BCUT2D eigenvalue weighted by Gasteiger charge is 2.13. The minimum absolute atomic E-state index is 0.105. The summed E-state index contributed by atoms with van der Waals surface area (Å²) in [5.74, 6) is -0.482. The van der Waals surface area contributed by atoms with E-state index in [1.165, 1.54) is 11.8 Å². The van der Waals surface area contributed by atoms with Crippen molar-refractivity contribution in [3.63, 3.8) is 0 Å². The number of hydrogen-bond acceptors (Lipinski definition) is 3. The van der Waals surface area contributed by atoms with Gasteiger partial charge in [0, 0.05) is 19.7 Å². The fourth-order valence-corrected chi connectivity index (χ4v) is 0.875. The third-order valence-electron chi connectivity index (χ3n) is 2.10. The van der Waals surface area contributed by atoms with Gasteiger partial charge < -0.3 is 9.64 Å². The second kappa shape index (κ2) is 5.42. The molecule has 0 bridgehead atoms. The van der Waals surface area contributed by atoms with E-state index >= 15 is 0 Å². The topological polar surface area (TPSA) is 46.6 Å². The largest absolute Gasteiger partial charge is 0.463 e. The van der Waals surface area contributed by atoms with Crippen molar-refractivity contribution in [2.75, 3.05) is 13.7 Å². The van der Waals surface area contributed by atoms with Gasteiger partial charge >= 0.3 is 5.97 Å². The van der Waals surface area contributed by atoms with Crippen molar-refractivity contribution in [1.82, 2.24) is 4.90 Å². The van der Waals surface area contributed by atoms with Crippen LogP contribution in [0.25, 0.3) is 0 Å². The minimum Gasteiger partial charge on any atom is -0.463 e. The highest BCUT2D eigenvalue weighted by molar-refractivity contribution is 5.89. The highest BCUT2D eigenvalue weighted by Crippen LogP contribution is 2.09. The molecular weight excluding hydrogens is 182 g/mol. The van der Waals surface area contributed by atoms with Crippen LogP contribution in [0, 0.1) is 0 Å². The molecule has 0 unspecified atom stereocenters. The summed E-state index contributed by atoms with van der Waals surface area (Å²) in [4.78, 5) is 23.7. The lowest BCUT2D eigenvalue weighted by Crippen LogP contribution is -2.24. The number of nitrogens with zero attached hydrogens (tertiary/aromatic N) is 1. The Kier molecular flexibility index (Phi) is 4.91. The van der Waals surface area contributed by atoms with Crippen LogP contribution in [0.15, 0.2) is 11.3 Å². The van der Waals surface area contributed by atoms with Crippen LogP contribution in [-0.2, 0) is 14.3 Å². The van der Waals surface area contributed by atoms with Crippen LogP contribution in [0.2, 0.25) is 0 Å². The van der Waals surface area contributed by atoms with E-state index in [2.05, 4.69) is 0 Å². The number of ether oxygens (including phenoxy) is 1. The van der Waals surface area contributed by atoms with Gasteiger partial charge in [-0.1, -0.05) is 0 Å². The molecule has 0 radical (unpaired) electrons. The smallest absolute Gasteiger partial charge is 0.335 e. The first-order valence-corrected chi connectivity index (χ1v) is 4.50. The molecule has 80 valence electrons. The Bertz CT molecular complexity index is 269. The second-order valence-electron chi connectivity index (χ2n) is 3.01. The number of rotatable bonds is 3. The maximum atomic E-state index is 11.3. The molecule has 4 heteroatoms. The number of amides is 1. The Balaban J connectivity index is 4.74. The lowest BCUT2D eigenvalue weighted by atomic mass is 10.2. The summed E-state index contributed by atoms with van der Waals surface area (Å²) in [5, 5.41) is 0. The summed E-state index contributed by atoms with van der Waals surface area (Å²) in [6, 6.07) is 0. The summed E-state index contributed by atoms with van der Waals surface area (Å²) < 4.78 is 4.82. The van der Waals surface area contributed by atoms with Crippen LogP contribution in [0.5, 0.6) is 0 Å². The average Bonchev–Trinajstić information content (AvgIpc) is 2.14. The van der Waals surface area contributed by atoms with Crippen LogP contribution in [0.4, 0.5) is 0 Å². The predicted molar refractivity (Wildman–Crippen MR) is 53.5 cm³/mol. The lowest BCUT2D eigenvalue weighted by Gasteiger charge is -2.17. The maximum Gasteiger partial charge on any atom is 0.335 e. The van der Waals surface area contributed by atoms with Gasteiger partial charge in [-0.2, -0.15) is 0 Å². The zero-order valence-corrected chi connectivity index (χ0v) is 9.38. The molecule has 0 rings (SSSR count). The molecule has 0 spiro atoms. The minimum atomic E-state index is -0.377. The standard InChI is InChI=1S/C10H17NO3/c1-6-14-10(13)7(2)8(3)11(5)9(4)12/h6H2,1-5H3/b8-7+. The fourth-order valence-electron chi connectivity index (χ4n) is 0.875. The molecule has 0 aliphatic rings. The Morgan fingerprint density at radius 3 is 2.07 bits per heavy atom. The summed E-state index contributed by atoms with van der Waals surface area (Å²) in [5.41, 5.74) is 1.08. The van der Waals surface area contributed by atoms with Crippen molar-refractivity contribution in [2.24, 2.45) is 0 Å². The average molecular weight is 199 g/mol. The number of carbonyl (C=O) groups excluding carboxylic acids is 2. The normalized spacial score (nSPS) is 11.8. The number of carbonyl (C=O) groups is 2. The van der Waals surface area contributed by atoms with E-state index in [4.69, 9.17) is 4.74 Å². The zero-order chi connectivity index (χ0) is 11.3. The van der Waals surface area contributed by atoms with Crippen LogP contribution in [0.1, 0.15) is 27.7 Å². The Morgan fingerprint density at radius 1 is 1.21 bits per heavy atom. The molecule has 0 atom stereocenters. The van der Waals surface area contributed by atoms with E-state index in [1.807, 2.05) is 0 Å². The molecule has 14 heavy (non-hydrogen) atoms. The molecule has 1 amide bonds. The van der Waals surface area contributed by atoms with Crippen LogP contribution < -0.4 is 0 Å². The molecule has 0 aliphatic carbocycles. The van der Waals surface area contributed by atoms with Gasteiger partial charge in [-0.25, -0.2) is 4.79 Å². The third kappa shape index (κ3) is 3.20. The van der Waals surface area contributed by atoms with Crippen LogP contribution in [-0.4, -0.2) is 30.4 Å². The van der Waals surface area contributed by atoms with Crippen molar-refractivity contribution >= 4 is 11.9 Å². The van der Waals surface area contributed by atoms with Gasteiger partial charge in [0.2, 0.25) is 5.91 Å². The van der Waals surface area contributed by atoms with Gasteiger partial charge in [-0.05, 0) is 20.8 Å². The van der Waals surface area contributed by atoms with Crippen molar-refractivity contribution in [2.45, 2.75) is 27.7 Å². The lowest BCUT2D eigenvalue weighted by molar-refractivity contribution is -0.138. The number of allylic oxidation sites excluding steroid dienone is 1. The zero-order valence-electron chi connectivity index (χ0n) is 9.38. The SMILES string of the molecule is CCOC(=O)/C(C)=C(\C)N(C)C(C)=O. The van der Waals surface area contributed by atoms with Gasteiger partial charge in [-0.15, -0.1) is 0 Å². The van der Waals surface area contributed by atoms with E-state index in [-0.39, 0.29) is 11.9 Å². The van der Waals surface area contributed by atoms with Gasteiger partial charge in [0.05, 0.1) is 12.2 Å². The molecular formula is C10H17NO3. The Morgan fingerprint density at radius 2 is 1.71 bits per heavy atom. The van der Waals surface area contributed by atoms with Crippen molar-refractivity contribution in [3.05, 3.63) is 11.3 Å². The quantitative estimate of drug-likeness (QED) is 0.508. The van der Waals surface area contributed by atoms with E-state index in [0.29, 0.717) is 17.9 Å². The Labute approximate surface area is 84.5 Å². The summed E-state index contributed by atoms with van der Waals surface area (Å²) >= 11 is 0. The van der Waals surface area contributed by atoms with Crippen molar-refractivity contribution in [3.8, 4) is 0 Å². The van der Waals surface area contributed by atoms with E-state index in [9.17, 15) is 9.59 Å². The third-order valence-corrected chi connectivity index (χ3v) is 2.10. The van der Waals surface area contributed by atoms with Crippen LogP contribution >= 0.6 is 0 Å². The first-order valence-electron chi connectivity index (χ1n) is 4.50. The van der Waals surface area contributed by atoms with Gasteiger partial charge in [0.15, 0.2) is 0 Å². The first-order chi connectivity index (χ1) is 6.41. The summed E-state index contributed by atoms with van der Waals surface area (Å²) in [7, 11) is 1.63. The van der Waals surface area contributed by atoms with Crippen LogP contribution in [0.3, 0.4) is 0 Å². The van der Waals surface area contributed by atoms with Crippen molar-refractivity contribution in [1.29, 1.82) is 0 Å². The van der Waals surface area contributed by atoms with E-state index in [0.717, 1.165) is 0 Å². The molecule has 0 fully saturated rings. The summed E-state index contributed by atoms with van der Waals surface area (Å²) in [6.07, 6.45) is 0. The molecule has 0 aromatic rings. The molecule has 4 nitrogen and oxygen atoms in total. The molecule has 0 aromatic heterocycles. The molecule has 0 N–H and O–H groups in total. The van der Waals surface area contributed by atoms with Gasteiger partial charge in [0.25, 0.3) is 0 Å². The van der Waals surface area contributed by atoms with E-state index in [1.54, 1.807) is 27.8 Å². The molecule has 0 aromatic carbocycles. The maximum absolute atomic E-state index is 11.3. The van der Waals surface area contributed by atoms with Gasteiger partial charge in [0.1, 0.15) is 0 Å². The molecule has 0 heterocycles. The molecule has 0 saturated carbocycles. The van der Waals surface area contributed by atoms with Gasteiger partial charge in [-0.3, -0.25) is 4.79 Å². The predicted octanol–water partition coefficient (Wildman–Crippen LogP) is 1.32. The molecule has 0 saturated heterocycles.